The van der Waals surface area contributed by atoms with Crippen LogP contribution in [0.1, 0.15) is 5.82 Å². The van der Waals surface area contributed by atoms with E-state index in [-0.39, 0.29) is 12.3 Å². The molecule has 0 amide bonds. The zero-order valence-corrected chi connectivity index (χ0v) is 18.0. The van der Waals surface area contributed by atoms with Crippen molar-refractivity contribution in [3.8, 4) is 0 Å². The molecule has 0 aliphatic carbocycles. The van der Waals surface area contributed by atoms with E-state index in [1.54, 1.807) is 0 Å². The van der Waals surface area contributed by atoms with Crippen LogP contribution in [0, 0.1) is 0 Å². The smallest absolute Gasteiger partial charge is 0.154 e. The first kappa shape index (κ1) is 19.8. The Kier molecular flexibility index (Phi) is 4.79. The normalized spacial score (nSPS) is 13.4. The second kappa shape index (κ2) is 7.51. The number of rotatable bonds is 6. The molecule has 0 spiro atoms. The Morgan fingerprint density at radius 1 is 0.806 bits per heavy atom. The second-order valence-corrected chi connectivity index (χ2v) is 10.1. The number of aliphatic hydroxyl groups excluding tert-OH is 1. The molecule has 2 heterocycles. The predicted molar refractivity (Wildman–Crippen MR) is 124 cm³/mol. The molecule has 5 aromatic rings. The third-order valence-corrected chi connectivity index (χ3v) is 6.37. The Morgan fingerprint density at radius 2 is 1.32 bits per heavy atom. The van der Waals surface area contributed by atoms with Gasteiger partial charge in [0.25, 0.3) is 0 Å². The first-order valence-corrected chi connectivity index (χ1v) is 12.2. The Hall–Kier alpha value is -3.16. The number of fused-ring (bicyclic) bond motifs is 4. The number of hydrogen-bond acceptors (Lipinski definition) is 4. The van der Waals surface area contributed by atoms with E-state index >= 15 is 0 Å². The van der Waals surface area contributed by atoms with Crippen LogP contribution in [0.3, 0.4) is 0 Å². The first-order chi connectivity index (χ1) is 14.9. The molecule has 0 unspecified atom stereocenters. The average Bonchev–Trinajstić information content (AvgIpc) is 3.23. The van der Waals surface area contributed by atoms with Gasteiger partial charge in [-0.1, -0.05) is 48.5 Å². The van der Waals surface area contributed by atoms with Gasteiger partial charge in [-0.2, -0.15) is 0 Å². The second-order valence-electron chi connectivity index (χ2n) is 8.00. The third-order valence-electron chi connectivity index (χ3n) is 5.59. The van der Waals surface area contributed by atoms with Crippen LogP contribution in [0.2, 0.25) is 0 Å². The van der Waals surface area contributed by atoms with Crippen molar-refractivity contribution in [2.24, 2.45) is 0 Å². The van der Waals surface area contributed by atoms with Gasteiger partial charge in [0.2, 0.25) is 0 Å². The van der Waals surface area contributed by atoms with Crippen molar-refractivity contribution in [2.45, 2.75) is 24.9 Å². The highest BCUT2D eigenvalue weighted by Crippen LogP contribution is 2.29. The lowest BCUT2D eigenvalue weighted by Crippen LogP contribution is -2.23. The molecule has 5 rings (SSSR count). The molecule has 0 aliphatic rings. The fourth-order valence-corrected chi connectivity index (χ4v) is 5.04. The predicted octanol–water partition coefficient (Wildman–Crippen LogP) is 3.75. The van der Waals surface area contributed by atoms with Gasteiger partial charge >= 0.3 is 0 Å². The Bertz CT molecular complexity index is 1460. The van der Waals surface area contributed by atoms with E-state index in [9.17, 15) is 13.5 Å². The van der Waals surface area contributed by atoms with Crippen LogP contribution in [-0.2, 0) is 28.7 Å². The van der Waals surface area contributed by atoms with E-state index in [4.69, 9.17) is 0 Å². The van der Waals surface area contributed by atoms with Gasteiger partial charge in [0, 0.05) is 28.1 Å². The summed E-state index contributed by atoms with van der Waals surface area (Å²) in [4.78, 5) is 4.51. The lowest BCUT2D eigenvalue weighted by molar-refractivity contribution is 0.137. The molecule has 6 nitrogen and oxygen atoms in total. The SMILES string of the molecule is CS(=O)(=O)Cc1nc2ccccc2n1C[C@@H](O)Cn1c2ccccc2c2ccccc21. The molecule has 0 radical (unpaired) electrons. The number of aliphatic hydroxyl groups is 1. The molecule has 0 saturated carbocycles. The molecule has 158 valence electrons. The monoisotopic (exact) mass is 433 g/mol. The summed E-state index contributed by atoms with van der Waals surface area (Å²) < 4.78 is 27.8. The minimum Gasteiger partial charge on any atom is -0.389 e. The number of benzene rings is 3. The van der Waals surface area contributed by atoms with E-state index in [1.165, 1.54) is 6.26 Å². The van der Waals surface area contributed by atoms with Gasteiger partial charge in [-0.3, -0.25) is 0 Å². The summed E-state index contributed by atoms with van der Waals surface area (Å²) in [5.74, 6) is 0.286. The molecule has 1 atom stereocenters. The Labute approximate surface area is 180 Å². The maximum absolute atomic E-state index is 11.9. The van der Waals surface area contributed by atoms with Gasteiger partial charge in [0.05, 0.1) is 30.2 Å². The van der Waals surface area contributed by atoms with E-state index < -0.39 is 15.9 Å². The summed E-state index contributed by atoms with van der Waals surface area (Å²) in [6.07, 6.45) is 0.473. The number of sulfone groups is 1. The maximum atomic E-state index is 11.9. The van der Waals surface area contributed by atoms with Gasteiger partial charge in [-0.25, -0.2) is 13.4 Å². The molecule has 3 aromatic carbocycles. The van der Waals surface area contributed by atoms with Crippen molar-refractivity contribution in [3.63, 3.8) is 0 Å². The van der Waals surface area contributed by atoms with Crippen molar-refractivity contribution in [1.29, 1.82) is 0 Å². The topological polar surface area (TPSA) is 77.1 Å². The van der Waals surface area contributed by atoms with Crippen LogP contribution in [0.5, 0.6) is 0 Å². The quantitative estimate of drug-likeness (QED) is 0.442. The fraction of sp³-hybridized carbons (Fsp3) is 0.208. The number of aromatic nitrogens is 3. The number of imidazole rings is 1. The zero-order chi connectivity index (χ0) is 21.6. The van der Waals surface area contributed by atoms with Gasteiger partial charge < -0.3 is 14.2 Å². The standard InChI is InChI=1S/C24H23N3O3S/c1-31(29,30)16-24-25-20-10-4-7-13-23(20)27(24)15-17(28)14-26-21-11-5-2-8-18(21)19-9-3-6-12-22(19)26/h2-13,17,28H,14-16H2,1H3/t17-/m0/s1. The summed E-state index contributed by atoms with van der Waals surface area (Å²) in [7, 11) is -3.26. The number of para-hydroxylation sites is 4. The molecule has 0 bridgehead atoms. The minimum absolute atomic E-state index is 0.163. The molecule has 7 heteroatoms. The van der Waals surface area contributed by atoms with E-state index in [1.807, 2.05) is 53.1 Å². The minimum atomic E-state index is -3.26. The summed E-state index contributed by atoms with van der Waals surface area (Å²) >= 11 is 0. The van der Waals surface area contributed by atoms with Crippen molar-refractivity contribution in [2.75, 3.05) is 6.26 Å². The van der Waals surface area contributed by atoms with Gasteiger partial charge in [0.15, 0.2) is 9.84 Å². The van der Waals surface area contributed by atoms with Crippen molar-refractivity contribution in [3.05, 3.63) is 78.6 Å². The summed E-state index contributed by atoms with van der Waals surface area (Å²) in [6.45, 7) is 0.644. The van der Waals surface area contributed by atoms with Crippen molar-refractivity contribution in [1.82, 2.24) is 14.1 Å². The lowest BCUT2D eigenvalue weighted by Gasteiger charge is -2.17. The molecule has 31 heavy (non-hydrogen) atoms. The first-order valence-electron chi connectivity index (χ1n) is 10.2. The summed E-state index contributed by atoms with van der Waals surface area (Å²) in [5, 5.41) is 13.4. The summed E-state index contributed by atoms with van der Waals surface area (Å²) in [6, 6.07) is 23.9. The van der Waals surface area contributed by atoms with Crippen LogP contribution in [0.15, 0.2) is 72.8 Å². The highest BCUT2D eigenvalue weighted by molar-refractivity contribution is 7.89. The van der Waals surface area contributed by atoms with E-state index in [0.29, 0.717) is 12.4 Å². The third kappa shape index (κ3) is 3.71. The lowest BCUT2D eigenvalue weighted by atomic mass is 10.2. The molecule has 0 aliphatic heterocycles. The number of hydrogen-bond donors (Lipinski definition) is 1. The van der Waals surface area contributed by atoms with Crippen LogP contribution < -0.4 is 0 Å². The van der Waals surface area contributed by atoms with Crippen LogP contribution >= 0.6 is 0 Å². The maximum Gasteiger partial charge on any atom is 0.154 e. The van der Waals surface area contributed by atoms with Crippen molar-refractivity contribution < 1.29 is 13.5 Å². The molecular formula is C24H23N3O3S. The Balaban J connectivity index is 1.54. The van der Waals surface area contributed by atoms with E-state index in [0.717, 1.165) is 32.8 Å². The fourth-order valence-electron chi connectivity index (χ4n) is 4.35. The van der Waals surface area contributed by atoms with Gasteiger partial charge in [0.1, 0.15) is 11.6 Å². The highest BCUT2D eigenvalue weighted by Gasteiger charge is 2.19. The molecular weight excluding hydrogens is 410 g/mol. The molecule has 0 saturated heterocycles. The van der Waals surface area contributed by atoms with Crippen LogP contribution in [0.25, 0.3) is 32.8 Å². The van der Waals surface area contributed by atoms with Crippen molar-refractivity contribution >= 4 is 42.7 Å². The average molecular weight is 434 g/mol. The summed E-state index contributed by atoms with van der Waals surface area (Å²) in [5.41, 5.74) is 3.68. The Morgan fingerprint density at radius 3 is 1.94 bits per heavy atom. The molecule has 1 N–H and O–H groups in total. The largest absolute Gasteiger partial charge is 0.389 e. The van der Waals surface area contributed by atoms with E-state index in [2.05, 4.69) is 33.8 Å². The van der Waals surface area contributed by atoms with Gasteiger partial charge in [-0.05, 0) is 24.3 Å². The highest BCUT2D eigenvalue weighted by atomic mass is 32.2. The van der Waals surface area contributed by atoms with Crippen LogP contribution in [0.4, 0.5) is 0 Å². The number of nitrogens with zero attached hydrogens (tertiary/aromatic N) is 3. The molecule has 2 aromatic heterocycles. The zero-order valence-electron chi connectivity index (χ0n) is 17.1. The van der Waals surface area contributed by atoms with Crippen LogP contribution in [-0.4, -0.2) is 40.0 Å². The van der Waals surface area contributed by atoms with Gasteiger partial charge in [-0.15, -0.1) is 0 Å². The molecule has 0 fully saturated rings.